The Morgan fingerprint density at radius 3 is 1.77 bits per heavy atom. The van der Waals surface area contributed by atoms with Crippen LogP contribution in [0.1, 0.15) is 127 Å². The van der Waals surface area contributed by atoms with Crippen molar-refractivity contribution in [2.45, 2.75) is 117 Å². The quantitative estimate of drug-likeness (QED) is 0.171. The van der Waals surface area contributed by atoms with Crippen LogP contribution in [0, 0.1) is 0 Å². The van der Waals surface area contributed by atoms with E-state index in [0.29, 0.717) is 11.8 Å². The van der Waals surface area contributed by atoms with Crippen molar-refractivity contribution in [2.75, 3.05) is 7.05 Å². The summed E-state index contributed by atoms with van der Waals surface area (Å²) in [6.45, 7) is 17.4. The summed E-state index contributed by atoms with van der Waals surface area (Å²) < 4.78 is 0. The van der Waals surface area contributed by atoms with E-state index < -0.39 is 0 Å². The minimum Gasteiger partial charge on any atom is -0.508 e. The molecule has 0 saturated carbocycles. The van der Waals surface area contributed by atoms with Gasteiger partial charge in [0.25, 0.3) is 0 Å². The molecule has 0 aromatic heterocycles. The number of aromatic hydroxyl groups is 2. The number of hydrogen-bond acceptors (Lipinski definition) is 3. The van der Waals surface area contributed by atoms with E-state index in [4.69, 9.17) is 0 Å². The van der Waals surface area contributed by atoms with Gasteiger partial charge >= 0.3 is 0 Å². The molecule has 0 heterocycles. The average Bonchev–Trinajstić information content (AvgIpc) is 2.99. The fourth-order valence-corrected chi connectivity index (χ4v) is 5.93. The molecule has 3 nitrogen and oxygen atoms in total. The summed E-state index contributed by atoms with van der Waals surface area (Å²) in [5.41, 5.74) is 6.33. The first-order valence-corrected chi connectivity index (χ1v) is 16.7. The van der Waals surface area contributed by atoms with Crippen LogP contribution in [0.15, 0.2) is 78.9 Å². The summed E-state index contributed by atoms with van der Waals surface area (Å²) in [5, 5.41) is 22.8. The second-order valence-corrected chi connectivity index (χ2v) is 13.8. The van der Waals surface area contributed by atoms with Gasteiger partial charge in [-0.15, -0.1) is 0 Å². The van der Waals surface area contributed by atoms with E-state index in [1.165, 1.54) is 59.2 Å². The predicted octanol–water partition coefficient (Wildman–Crippen LogP) is 11.5. The third kappa shape index (κ3) is 10.1. The zero-order chi connectivity index (χ0) is 32.3. The lowest BCUT2D eigenvalue weighted by molar-refractivity contribution is 0.320. The summed E-state index contributed by atoms with van der Waals surface area (Å²) in [6, 6.07) is 27.8. The third-order valence-electron chi connectivity index (χ3n) is 8.81. The molecule has 0 radical (unpaired) electrons. The van der Waals surface area contributed by atoms with Crippen molar-refractivity contribution in [1.29, 1.82) is 0 Å². The third-order valence-corrected chi connectivity index (χ3v) is 8.81. The van der Waals surface area contributed by atoms with Gasteiger partial charge in [0.05, 0.1) is 0 Å². The Bertz CT molecular complexity index is 1390. The Morgan fingerprint density at radius 2 is 1.23 bits per heavy atom. The Hall–Kier alpha value is -3.30. The molecule has 4 rings (SSSR count). The van der Waals surface area contributed by atoms with E-state index >= 15 is 0 Å². The lowest BCUT2D eigenvalue weighted by Gasteiger charge is -2.21. The molecule has 0 aliphatic heterocycles. The van der Waals surface area contributed by atoms with Crippen molar-refractivity contribution < 1.29 is 10.2 Å². The minimum atomic E-state index is 0.216. The minimum absolute atomic E-state index is 0.216. The van der Waals surface area contributed by atoms with Gasteiger partial charge in [0, 0.05) is 19.2 Å². The molecule has 44 heavy (non-hydrogen) atoms. The van der Waals surface area contributed by atoms with Crippen molar-refractivity contribution in [3.05, 3.63) is 107 Å². The van der Waals surface area contributed by atoms with Crippen molar-refractivity contribution >= 4 is 10.8 Å². The number of nitrogens with zero attached hydrogens (tertiary/aromatic N) is 1. The first-order chi connectivity index (χ1) is 20.9. The van der Waals surface area contributed by atoms with E-state index in [9.17, 15) is 10.2 Å². The number of unbranched alkanes of at least 4 members (excludes halogenated alkanes) is 2. The number of rotatable bonds is 12. The highest BCUT2D eigenvalue weighted by atomic mass is 16.3. The van der Waals surface area contributed by atoms with Crippen LogP contribution in [0.4, 0.5) is 0 Å². The average molecular weight is 596 g/mol. The fourth-order valence-electron chi connectivity index (χ4n) is 5.93. The van der Waals surface area contributed by atoms with E-state index in [1.807, 2.05) is 6.07 Å². The maximum atomic E-state index is 10.1. The largest absolute Gasteiger partial charge is 0.508 e. The number of fused-ring (bicyclic) bond motifs is 1. The van der Waals surface area contributed by atoms with Crippen LogP contribution in [0.2, 0.25) is 0 Å². The van der Waals surface area contributed by atoms with Crippen LogP contribution in [0.25, 0.3) is 10.8 Å². The van der Waals surface area contributed by atoms with Gasteiger partial charge in [-0.05, 0) is 81.8 Å². The van der Waals surface area contributed by atoms with Gasteiger partial charge in [0.15, 0.2) is 0 Å². The molecule has 4 aromatic rings. The lowest BCUT2D eigenvalue weighted by atomic mass is 9.87. The molecule has 2 N–H and O–H groups in total. The molecule has 0 bridgehead atoms. The van der Waals surface area contributed by atoms with Crippen LogP contribution in [0.5, 0.6) is 11.5 Å². The molecule has 0 aliphatic carbocycles. The van der Waals surface area contributed by atoms with Gasteiger partial charge in [-0.25, -0.2) is 0 Å². The summed E-state index contributed by atoms with van der Waals surface area (Å²) in [5.74, 6) is 1.15. The van der Waals surface area contributed by atoms with Gasteiger partial charge < -0.3 is 10.2 Å². The topological polar surface area (TPSA) is 43.7 Å². The van der Waals surface area contributed by atoms with Gasteiger partial charge in [-0.1, -0.05) is 141 Å². The highest BCUT2D eigenvalue weighted by molar-refractivity contribution is 5.85. The van der Waals surface area contributed by atoms with Crippen molar-refractivity contribution in [1.82, 2.24) is 4.90 Å². The molecule has 2 atom stereocenters. The molecule has 3 heteroatoms. The first-order valence-electron chi connectivity index (χ1n) is 16.7. The number of benzene rings is 4. The van der Waals surface area contributed by atoms with Crippen molar-refractivity contribution in [3.63, 3.8) is 0 Å². The van der Waals surface area contributed by atoms with Gasteiger partial charge in [-0.3, -0.25) is 4.90 Å². The molecule has 0 fully saturated rings. The normalized spacial score (nSPS) is 13.0. The predicted molar refractivity (Wildman–Crippen MR) is 190 cm³/mol. The highest BCUT2D eigenvalue weighted by Crippen LogP contribution is 2.38. The SMILES string of the molecule is CCCCC(C)c1cc(C(C)CCCC)c(O)cc1O.CN(Cc1ccc(C(C)(C)C)cc1)Cc1cccc2ccccc12. The van der Waals surface area contributed by atoms with Crippen molar-refractivity contribution in [3.8, 4) is 11.5 Å². The maximum Gasteiger partial charge on any atom is 0.122 e. The molecule has 2 unspecified atom stereocenters. The zero-order valence-corrected chi connectivity index (χ0v) is 28.7. The van der Waals surface area contributed by atoms with Gasteiger partial charge in [-0.2, -0.15) is 0 Å². The molecule has 0 spiro atoms. The van der Waals surface area contributed by atoms with Crippen LogP contribution < -0.4 is 0 Å². The number of phenols is 2. The maximum absolute atomic E-state index is 10.1. The Labute approximate surface area is 268 Å². The van der Waals surface area contributed by atoms with E-state index in [1.54, 1.807) is 0 Å². The highest BCUT2D eigenvalue weighted by Gasteiger charge is 2.18. The van der Waals surface area contributed by atoms with E-state index in [2.05, 4.69) is 127 Å². The van der Waals surface area contributed by atoms with E-state index in [-0.39, 0.29) is 16.9 Å². The molecule has 238 valence electrons. The molecular formula is C41H57NO2. The monoisotopic (exact) mass is 595 g/mol. The van der Waals surface area contributed by atoms with Crippen LogP contribution >= 0.6 is 0 Å². The Kier molecular flexibility index (Phi) is 13.3. The summed E-state index contributed by atoms with van der Waals surface area (Å²) in [6.07, 6.45) is 6.84. The Balaban J connectivity index is 0.000000245. The van der Waals surface area contributed by atoms with Gasteiger partial charge in [0.1, 0.15) is 11.5 Å². The smallest absolute Gasteiger partial charge is 0.122 e. The summed E-state index contributed by atoms with van der Waals surface area (Å²) >= 11 is 0. The van der Waals surface area contributed by atoms with Crippen LogP contribution in [-0.4, -0.2) is 22.2 Å². The van der Waals surface area contributed by atoms with Crippen LogP contribution in [0.3, 0.4) is 0 Å². The van der Waals surface area contributed by atoms with Gasteiger partial charge in [0.2, 0.25) is 0 Å². The molecule has 0 saturated heterocycles. The summed E-state index contributed by atoms with van der Waals surface area (Å²) in [4.78, 5) is 2.38. The van der Waals surface area contributed by atoms with Crippen molar-refractivity contribution in [2.24, 2.45) is 0 Å². The first kappa shape index (κ1) is 35.2. The number of hydrogen-bond donors (Lipinski definition) is 2. The standard InChI is InChI=1S/C23H27N.C18H30O2/c1-23(2,3)21-14-12-18(13-15-21)16-24(4)17-20-10-7-9-19-8-5-6-11-22(19)20;1-5-7-9-13(3)15-11-16(14(4)10-8-6-2)18(20)12-17(15)19/h5-15H,16-17H2,1-4H3;11-14,19-20H,5-10H2,1-4H3. The molecule has 0 amide bonds. The molecular weight excluding hydrogens is 538 g/mol. The summed E-state index contributed by atoms with van der Waals surface area (Å²) in [7, 11) is 2.19. The number of phenolic OH excluding ortho intramolecular Hbond substituents is 2. The van der Waals surface area contributed by atoms with E-state index in [0.717, 1.165) is 37.1 Å². The zero-order valence-electron chi connectivity index (χ0n) is 28.7. The fraction of sp³-hybridized carbons (Fsp3) is 0.463. The molecule has 4 aromatic carbocycles. The van der Waals surface area contributed by atoms with Crippen LogP contribution in [-0.2, 0) is 18.5 Å². The Morgan fingerprint density at radius 1 is 0.682 bits per heavy atom. The lowest BCUT2D eigenvalue weighted by Crippen LogP contribution is -2.17. The molecule has 0 aliphatic rings. The second kappa shape index (κ2) is 16.7. The second-order valence-electron chi connectivity index (χ2n) is 13.8.